The molecule has 1 atom stereocenters. The van der Waals surface area contributed by atoms with Gasteiger partial charge in [-0.1, -0.05) is 30.3 Å². The smallest absolute Gasteiger partial charge is 0.319 e. The zero-order valence-electron chi connectivity index (χ0n) is 11.7. The topological polar surface area (TPSA) is 139 Å². The molecule has 22 heavy (non-hydrogen) atoms. The monoisotopic (exact) mass is 373 g/mol. The average molecular weight is 373 g/mol. The first-order valence-corrected chi connectivity index (χ1v) is 10.1. The summed E-state index contributed by atoms with van der Waals surface area (Å²) in [5.74, 6) is 0. The fourth-order valence-electron chi connectivity index (χ4n) is 1.16. The molecule has 0 spiro atoms. The Bertz CT molecular complexity index is 549. The molecule has 0 amide bonds. The highest BCUT2D eigenvalue weighted by Gasteiger charge is 2.12. The normalized spacial score (nSPS) is 12.1. The van der Waals surface area contributed by atoms with E-state index in [0.717, 1.165) is 5.56 Å². The molecule has 1 unspecified atom stereocenters. The number of nitrogens with one attached hydrogen (secondary N) is 1. The summed E-state index contributed by atoms with van der Waals surface area (Å²) in [5, 5.41) is 0. The first-order chi connectivity index (χ1) is 10.2. The van der Waals surface area contributed by atoms with Crippen molar-refractivity contribution in [2.24, 2.45) is 0 Å². The van der Waals surface area contributed by atoms with Crippen molar-refractivity contribution in [3.05, 3.63) is 35.9 Å². The van der Waals surface area contributed by atoms with Crippen molar-refractivity contribution >= 4 is 23.8 Å². The molecule has 1 aromatic rings. The van der Waals surface area contributed by atoms with Crippen molar-refractivity contribution in [1.82, 2.24) is 4.86 Å². The van der Waals surface area contributed by atoms with E-state index in [1.54, 1.807) is 11.8 Å². The standard InChI is InChI=1S/C8H11O4P.C2H7NO4P2/c9-13(10,11)12-7-6-8-4-2-1-3-5-8;1-2-7-9(6)3-8(4)5/h1-5H,6-7H2,(H2,9,10,11);9H,2H2,1H3,(H,3,4,5,6). The number of hydrogen-bond acceptors (Lipinski definition) is 6. The second-order valence-corrected chi connectivity index (χ2v) is 7.16. The maximum absolute atomic E-state index is 10.3. The van der Waals surface area contributed by atoms with Gasteiger partial charge in [0.05, 0.1) is 13.2 Å². The summed E-state index contributed by atoms with van der Waals surface area (Å²) in [6.07, 6.45) is 0.506. The maximum Gasteiger partial charge on any atom is 0.469 e. The minimum Gasteiger partial charge on any atom is -0.319 e. The van der Waals surface area contributed by atoms with Crippen molar-refractivity contribution in [1.29, 1.82) is 0 Å². The van der Waals surface area contributed by atoms with Crippen molar-refractivity contribution < 1.29 is 37.1 Å². The number of phosphoric acid groups is 1. The second-order valence-electron chi connectivity index (χ2n) is 3.65. The van der Waals surface area contributed by atoms with Crippen LogP contribution in [0.5, 0.6) is 0 Å². The lowest BCUT2D eigenvalue weighted by atomic mass is 10.2. The van der Waals surface area contributed by atoms with Gasteiger partial charge in [-0.3, -0.25) is 9.09 Å². The van der Waals surface area contributed by atoms with Crippen LogP contribution in [-0.2, 0) is 33.7 Å². The lowest BCUT2D eigenvalue weighted by Gasteiger charge is -2.04. The van der Waals surface area contributed by atoms with E-state index < -0.39 is 23.8 Å². The van der Waals surface area contributed by atoms with E-state index >= 15 is 0 Å². The molecule has 0 fully saturated rings. The Kier molecular flexibility index (Phi) is 11.5. The number of rotatable bonds is 8. The van der Waals surface area contributed by atoms with E-state index in [-0.39, 0.29) is 13.2 Å². The van der Waals surface area contributed by atoms with Gasteiger partial charge < -0.3 is 14.3 Å². The maximum atomic E-state index is 10.3. The van der Waals surface area contributed by atoms with Crippen LogP contribution >= 0.6 is 23.8 Å². The molecule has 126 valence electrons. The Balaban J connectivity index is 0.000000433. The molecule has 0 saturated carbocycles. The number of phosphoric ester groups is 1. The van der Waals surface area contributed by atoms with Crippen LogP contribution in [0, 0.1) is 0 Å². The minimum absolute atomic E-state index is 0.0360. The third-order valence-electron chi connectivity index (χ3n) is 1.95. The van der Waals surface area contributed by atoms with Gasteiger partial charge >= 0.3 is 15.7 Å². The van der Waals surface area contributed by atoms with Crippen LogP contribution in [0.2, 0.25) is 0 Å². The van der Waals surface area contributed by atoms with E-state index in [9.17, 15) is 18.3 Å². The van der Waals surface area contributed by atoms with Gasteiger partial charge in [-0.05, 0) is 18.9 Å². The van der Waals surface area contributed by atoms with E-state index in [0.29, 0.717) is 6.42 Å². The Labute approximate surface area is 129 Å². The molecule has 0 bridgehead atoms. The van der Waals surface area contributed by atoms with Crippen LogP contribution in [-0.4, -0.2) is 23.0 Å². The van der Waals surface area contributed by atoms with Gasteiger partial charge in [-0.15, -0.1) is 4.86 Å². The second kappa shape index (κ2) is 11.9. The Morgan fingerprint density at radius 1 is 1.27 bits per heavy atom. The van der Waals surface area contributed by atoms with Crippen LogP contribution in [0.3, 0.4) is 0 Å². The Morgan fingerprint density at radius 2 is 1.86 bits per heavy atom. The minimum atomic E-state index is -4.30. The van der Waals surface area contributed by atoms with Crippen LogP contribution in [0.25, 0.3) is 0 Å². The highest BCUT2D eigenvalue weighted by Crippen LogP contribution is 2.35. The predicted molar refractivity (Wildman–Crippen MR) is 80.2 cm³/mol. The predicted octanol–water partition coefficient (Wildman–Crippen LogP) is 2.43. The van der Waals surface area contributed by atoms with E-state index in [2.05, 4.69) is 9.05 Å². The number of benzene rings is 1. The molecule has 0 aliphatic carbocycles. The molecule has 0 heterocycles. The molecule has 1 rings (SSSR count). The van der Waals surface area contributed by atoms with Crippen molar-refractivity contribution in [3.8, 4) is 0 Å². The molecular formula is C10H18NO8P3. The Hall–Kier alpha value is -0.620. The molecule has 12 heteroatoms. The molecule has 0 aromatic heterocycles. The third-order valence-corrected chi connectivity index (χ3v) is 4.48. The van der Waals surface area contributed by atoms with Crippen LogP contribution in [0.4, 0.5) is 0 Å². The summed E-state index contributed by atoms with van der Waals surface area (Å²) in [6, 6.07) is 9.37. The summed E-state index contributed by atoms with van der Waals surface area (Å²) < 4.78 is 48.8. The zero-order valence-corrected chi connectivity index (χ0v) is 14.5. The van der Waals surface area contributed by atoms with Gasteiger partial charge in [-0.25, -0.2) is 13.7 Å². The molecule has 3 N–H and O–H groups in total. The lowest BCUT2D eigenvalue weighted by molar-refractivity contribution is 0.199. The Morgan fingerprint density at radius 3 is 2.32 bits per heavy atom. The molecule has 0 saturated heterocycles. The van der Waals surface area contributed by atoms with Gasteiger partial charge in [0.15, 0.2) is 0 Å². The summed E-state index contributed by atoms with van der Waals surface area (Å²) >= 11 is 0. The van der Waals surface area contributed by atoms with Gasteiger partial charge in [0.2, 0.25) is 0 Å². The first kappa shape index (κ1) is 21.4. The molecular weight excluding hydrogens is 355 g/mol. The van der Waals surface area contributed by atoms with Crippen molar-refractivity contribution in [2.45, 2.75) is 13.3 Å². The largest absolute Gasteiger partial charge is 0.469 e. The number of hydrogen-bond donors (Lipinski definition) is 3. The van der Waals surface area contributed by atoms with Crippen LogP contribution in [0.15, 0.2) is 30.3 Å². The fourth-order valence-corrected chi connectivity index (χ4v) is 2.61. The van der Waals surface area contributed by atoms with Crippen molar-refractivity contribution in [3.63, 3.8) is 0 Å². The van der Waals surface area contributed by atoms with Gasteiger partial charge in [-0.2, -0.15) is 0 Å². The zero-order chi connectivity index (χ0) is 17.0. The third kappa shape index (κ3) is 14.3. The fraction of sp³-hybridized carbons (Fsp3) is 0.400. The van der Waals surface area contributed by atoms with E-state index in [1.807, 2.05) is 30.3 Å². The summed E-state index contributed by atoms with van der Waals surface area (Å²) in [5.41, 5.74) is 0.996. The van der Waals surface area contributed by atoms with Crippen molar-refractivity contribution in [2.75, 3.05) is 13.2 Å². The van der Waals surface area contributed by atoms with E-state index in [4.69, 9.17) is 9.79 Å². The van der Waals surface area contributed by atoms with Gasteiger partial charge in [0, 0.05) is 0 Å². The van der Waals surface area contributed by atoms with Gasteiger partial charge in [0.1, 0.15) is 0 Å². The summed E-state index contributed by atoms with van der Waals surface area (Å²) in [4.78, 5) is 18.5. The molecule has 9 nitrogen and oxygen atoms in total. The lowest BCUT2D eigenvalue weighted by Crippen LogP contribution is -1.96. The average Bonchev–Trinajstić information content (AvgIpc) is 2.38. The van der Waals surface area contributed by atoms with Crippen LogP contribution < -0.4 is 4.86 Å². The quantitative estimate of drug-likeness (QED) is 0.586. The molecule has 0 aliphatic heterocycles. The SMILES string of the molecule is CCO[PH](=O)NP(=O)=O.O=P(O)(O)OCCc1ccccc1. The highest BCUT2D eigenvalue weighted by molar-refractivity contribution is 7.49. The summed E-state index contributed by atoms with van der Waals surface area (Å²) in [6.45, 7) is 1.91. The molecule has 1 aromatic carbocycles. The van der Waals surface area contributed by atoms with Crippen LogP contribution in [0.1, 0.15) is 12.5 Å². The van der Waals surface area contributed by atoms with E-state index in [1.165, 1.54) is 0 Å². The molecule has 0 aliphatic rings. The summed E-state index contributed by atoms with van der Waals surface area (Å²) in [7, 11) is -9.63. The first-order valence-electron chi connectivity index (χ1n) is 6.06. The van der Waals surface area contributed by atoms with Gasteiger partial charge in [0.25, 0.3) is 8.18 Å². The highest BCUT2D eigenvalue weighted by atomic mass is 31.2. The molecule has 0 radical (unpaired) electrons.